The van der Waals surface area contributed by atoms with Gasteiger partial charge >= 0.3 is 0 Å². The van der Waals surface area contributed by atoms with Crippen LogP contribution in [0.1, 0.15) is 37.8 Å². The molecule has 0 unspecified atom stereocenters. The number of aryl methyl sites for hydroxylation is 1. The molecule has 0 aliphatic heterocycles. The average molecular weight is 349 g/mol. The average Bonchev–Trinajstić information content (AvgIpc) is 2.47. The van der Waals surface area contributed by atoms with Crippen molar-refractivity contribution < 1.29 is 21.9 Å². The molecule has 0 saturated heterocycles. The molecule has 0 heterocycles. The molecular formula is C16H25F2NO3S. The molecule has 0 radical (unpaired) electrons. The highest BCUT2D eigenvalue weighted by Crippen LogP contribution is 2.21. The lowest BCUT2D eigenvalue weighted by atomic mass is 10.1. The molecule has 0 N–H and O–H groups in total. The van der Waals surface area contributed by atoms with Crippen LogP contribution in [0.2, 0.25) is 0 Å². The zero-order chi connectivity index (χ0) is 17.6. The Morgan fingerprint density at radius 2 is 1.78 bits per heavy atom. The van der Waals surface area contributed by atoms with Gasteiger partial charge in [-0.1, -0.05) is 6.92 Å². The fourth-order valence-electron chi connectivity index (χ4n) is 2.32. The van der Waals surface area contributed by atoms with Crippen molar-refractivity contribution in [3.05, 3.63) is 34.9 Å². The van der Waals surface area contributed by atoms with E-state index in [-0.39, 0.29) is 23.7 Å². The van der Waals surface area contributed by atoms with Crippen molar-refractivity contribution in [2.45, 2.75) is 45.7 Å². The number of sulfonamides is 1. The third-order valence-electron chi connectivity index (χ3n) is 3.84. The maximum Gasteiger partial charge on any atom is 0.211 e. The Bertz CT molecular complexity index is 620. The molecule has 0 aliphatic rings. The van der Waals surface area contributed by atoms with Crippen LogP contribution in [-0.4, -0.2) is 38.7 Å². The number of rotatable bonds is 9. The van der Waals surface area contributed by atoms with Crippen LogP contribution in [-0.2, 0) is 27.7 Å². The largest absolute Gasteiger partial charge is 0.385 e. The van der Waals surface area contributed by atoms with Crippen molar-refractivity contribution in [2.75, 3.05) is 20.0 Å². The smallest absolute Gasteiger partial charge is 0.211 e. The summed E-state index contributed by atoms with van der Waals surface area (Å²) in [6.45, 7) is 3.89. The summed E-state index contributed by atoms with van der Waals surface area (Å²) in [6.07, 6.45) is 2.63. The van der Waals surface area contributed by atoms with Gasteiger partial charge in [0.1, 0.15) is 11.6 Å². The highest BCUT2D eigenvalue weighted by Gasteiger charge is 2.24. The van der Waals surface area contributed by atoms with Gasteiger partial charge in [0, 0.05) is 31.9 Å². The van der Waals surface area contributed by atoms with Gasteiger partial charge in [-0.05, 0) is 43.9 Å². The number of benzene rings is 1. The van der Waals surface area contributed by atoms with E-state index in [0.717, 1.165) is 18.4 Å². The van der Waals surface area contributed by atoms with Gasteiger partial charge in [-0.3, -0.25) is 0 Å². The molecule has 23 heavy (non-hydrogen) atoms. The van der Waals surface area contributed by atoms with E-state index in [9.17, 15) is 17.2 Å². The summed E-state index contributed by atoms with van der Waals surface area (Å²) in [4.78, 5) is 0. The Kier molecular flexibility index (Phi) is 7.57. The number of hydrogen-bond acceptors (Lipinski definition) is 3. The summed E-state index contributed by atoms with van der Waals surface area (Å²) < 4.78 is 58.2. The summed E-state index contributed by atoms with van der Waals surface area (Å²) in [5.41, 5.74) is 0.321. The molecule has 0 spiro atoms. The summed E-state index contributed by atoms with van der Waals surface area (Å²) in [5.74, 6) is -1.11. The minimum Gasteiger partial charge on any atom is -0.385 e. The first kappa shape index (κ1) is 20.0. The third-order valence-corrected chi connectivity index (χ3v) is 5.19. The topological polar surface area (TPSA) is 46.6 Å². The highest BCUT2D eigenvalue weighted by molar-refractivity contribution is 7.88. The van der Waals surface area contributed by atoms with Crippen molar-refractivity contribution in [1.29, 1.82) is 0 Å². The normalized spacial score (nSPS) is 13.5. The van der Waals surface area contributed by atoms with Crippen LogP contribution in [0.3, 0.4) is 0 Å². The zero-order valence-corrected chi connectivity index (χ0v) is 14.9. The van der Waals surface area contributed by atoms with Gasteiger partial charge in [-0.25, -0.2) is 17.2 Å². The predicted molar refractivity (Wildman–Crippen MR) is 86.7 cm³/mol. The minimum atomic E-state index is -3.50. The van der Waals surface area contributed by atoms with E-state index in [1.165, 1.54) is 4.31 Å². The predicted octanol–water partition coefficient (Wildman–Crippen LogP) is 3.10. The monoisotopic (exact) mass is 349 g/mol. The quantitative estimate of drug-likeness (QED) is 0.644. The van der Waals surface area contributed by atoms with E-state index < -0.39 is 21.7 Å². The van der Waals surface area contributed by atoms with E-state index >= 15 is 0 Å². The lowest BCUT2D eigenvalue weighted by molar-refractivity contribution is 0.195. The molecule has 0 saturated carbocycles. The Hall–Kier alpha value is -1.05. The van der Waals surface area contributed by atoms with Crippen LogP contribution < -0.4 is 0 Å². The van der Waals surface area contributed by atoms with Crippen LogP contribution in [0, 0.1) is 11.6 Å². The molecule has 132 valence electrons. The first-order chi connectivity index (χ1) is 10.7. The summed E-state index contributed by atoms with van der Waals surface area (Å²) in [5, 5.41) is 0. The van der Waals surface area contributed by atoms with Crippen LogP contribution in [0.4, 0.5) is 8.78 Å². The molecule has 1 aromatic rings. The molecule has 1 rings (SSSR count). The number of hydrogen-bond donors (Lipinski definition) is 0. The second-order valence-electron chi connectivity index (χ2n) is 5.70. The highest BCUT2D eigenvalue weighted by atomic mass is 32.2. The summed E-state index contributed by atoms with van der Waals surface area (Å²) in [6, 6.07) is 1.96. The van der Waals surface area contributed by atoms with E-state index in [1.54, 1.807) is 14.0 Å². The zero-order valence-electron chi connectivity index (χ0n) is 14.1. The molecule has 0 aromatic heterocycles. The molecular weight excluding hydrogens is 324 g/mol. The van der Waals surface area contributed by atoms with Gasteiger partial charge in [0.25, 0.3) is 0 Å². The SMILES string of the molecule is CC[C@H](C)N(Cc1cc(F)c(CCCOC)cc1F)S(C)(=O)=O. The first-order valence-corrected chi connectivity index (χ1v) is 9.48. The molecule has 1 aromatic carbocycles. The Morgan fingerprint density at radius 3 is 2.30 bits per heavy atom. The maximum atomic E-state index is 14.2. The van der Waals surface area contributed by atoms with Crippen molar-refractivity contribution >= 4 is 10.0 Å². The lowest BCUT2D eigenvalue weighted by Crippen LogP contribution is -2.37. The van der Waals surface area contributed by atoms with Gasteiger partial charge in [0.2, 0.25) is 10.0 Å². The van der Waals surface area contributed by atoms with Crippen LogP contribution in [0.25, 0.3) is 0 Å². The molecule has 7 heteroatoms. The van der Waals surface area contributed by atoms with Gasteiger partial charge in [0.15, 0.2) is 0 Å². The third kappa shape index (κ3) is 5.82. The second-order valence-corrected chi connectivity index (χ2v) is 7.63. The van der Waals surface area contributed by atoms with Gasteiger partial charge in [-0.2, -0.15) is 4.31 Å². The fraction of sp³-hybridized carbons (Fsp3) is 0.625. The van der Waals surface area contributed by atoms with Crippen LogP contribution >= 0.6 is 0 Å². The van der Waals surface area contributed by atoms with Crippen LogP contribution in [0.15, 0.2) is 12.1 Å². The maximum absolute atomic E-state index is 14.2. The van der Waals surface area contributed by atoms with Gasteiger partial charge in [-0.15, -0.1) is 0 Å². The van der Waals surface area contributed by atoms with Crippen molar-refractivity contribution in [1.82, 2.24) is 4.31 Å². The second kappa shape index (κ2) is 8.70. The Labute approximate surface area is 137 Å². The molecule has 1 atom stereocenters. The fourth-order valence-corrected chi connectivity index (χ4v) is 3.50. The summed E-state index contributed by atoms with van der Waals surface area (Å²) in [7, 11) is -1.95. The van der Waals surface area contributed by atoms with Gasteiger partial charge in [0.05, 0.1) is 6.26 Å². The lowest BCUT2D eigenvalue weighted by Gasteiger charge is -2.26. The van der Waals surface area contributed by atoms with Crippen molar-refractivity contribution in [3.63, 3.8) is 0 Å². The molecule has 0 amide bonds. The minimum absolute atomic E-state index is 0.0451. The van der Waals surface area contributed by atoms with E-state index in [4.69, 9.17) is 4.74 Å². The number of ether oxygens (including phenoxy) is 1. The van der Waals surface area contributed by atoms with Crippen LogP contribution in [0.5, 0.6) is 0 Å². The number of nitrogens with zero attached hydrogens (tertiary/aromatic N) is 1. The van der Waals surface area contributed by atoms with Crippen molar-refractivity contribution in [2.24, 2.45) is 0 Å². The first-order valence-electron chi connectivity index (χ1n) is 7.63. The number of methoxy groups -OCH3 is 1. The van der Waals surface area contributed by atoms with Gasteiger partial charge < -0.3 is 4.74 Å². The molecule has 0 aliphatic carbocycles. The van der Waals surface area contributed by atoms with E-state index in [0.29, 0.717) is 25.9 Å². The number of halogens is 2. The Morgan fingerprint density at radius 1 is 1.22 bits per heavy atom. The Balaban J connectivity index is 3.02. The molecule has 0 fully saturated rings. The van der Waals surface area contributed by atoms with E-state index in [2.05, 4.69) is 0 Å². The van der Waals surface area contributed by atoms with E-state index in [1.807, 2.05) is 6.92 Å². The molecule has 4 nitrogen and oxygen atoms in total. The standard InChI is InChI=1S/C16H25F2NO3S/c1-5-12(2)19(23(4,20)21)11-14-10-15(17)13(9-16(14)18)7-6-8-22-3/h9-10,12H,5-8,11H2,1-4H3/t12-/m0/s1. The summed E-state index contributed by atoms with van der Waals surface area (Å²) >= 11 is 0. The molecule has 0 bridgehead atoms. The van der Waals surface area contributed by atoms with Crippen molar-refractivity contribution in [3.8, 4) is 0 Å².